The van der Waals surface area contributed by atoms with E-state index in [9.17, 15) is 4.79 Å². The van der Waals surface area contributed by atoms with E-state index in [0.29, 0.717) is 6.54 Å². The molecule has 0 spiro atoms. The van der Waals surface area contributed by atoms with Crippen molar-refractivity contribution >= 4 is 16.9 Å². The van der Waals surface area contributed by atoms with Gasteiger partial charge < -0.3 is 15.6 Å². The highest BCUT2D eigenvalue weighted by Gasteiger charge is 2.15. The fraction of sp³-hybridized carbons (Fsp3) is 0.385. The molecule has 1 unspecified atom stereocenters. The number of imidazole rings is 1. The van der Waals surface area contributed by atoms with Gasteiger partial charge in [0.15, 0.2) is 0 Å². The Morgan fingerprint density at radius 3 is 3.00 bits per heavy atom. The molecule has 96 valence electrons. The molecule has 1 atom stereocenters. The Kier molecular flexibility index (Phi) is 3.94. The zero-order valence-electron chi connectivity index (χ0n) is 10.5. The maximum atomic E-state index is 11.4. The molecule has 0 aliphatic rings. The van der Waals surface area contributed by atoms with E-state index in [0.717, 1.165) is 24.0 Å². The summed E-state index contributed by atoms with van der Waals surface area (Å²) in [7, 11) is 0. The van der Waals surface area contributed by atoms with Crippen molar-refractivity contribution in [1.29, 1.82) is 0 Å². The highest BCUT2D eigenvalue weighted by Crippen LogP contribution is 2.12. The Bertz CT molecular complexity index is 535. The lowest BCUT2D eigenvalue weighted by Crippen LogP contribution is -2.44. The second kappa shape index (κ2) is 5.64. The van der Waals surface area contributed by atoms with Crippen molar-refractivity contribution in [1.82, 2.24) is 14.9 Å². The molecule has 0 bridgehead atoms. The van der Waals surface area contributed by atoms with Crippen molar-refractivity contribution in [2.45, 2.75) is 25.9 Å². The van der Waals surface area contributed by atoms with Crippen LogP contribution in [0, 0.1) is 0 Å². The number of carbonyl (C=O) groups is 1. The van der Waals surface area contributed by atoms with Gasteiger partial charge in [-0.2, -0.15) is 0 Å². The number of aromatic nitrogens is 2. The molecule has 3 N–H and O–H groups in total. The summed E-state index contributed by atoms with van der Waals surface area (Å²) in [5.74, 6) is -0.332. The number of primary amides is 1. The third-order valence-corrected chi connectivity index (χ3v) is 2.89. The van der Waals surface area contributed by atoms with Gasteiger partial charge in [0, 0.05) is 6.54 Å². The third-order valence-electron chi connectivity index (χ3n) is 2.89. The molecule has 0 saturated carbocycles. The van der Waals surface area contributed by atoms with E-state index >= 15 is 0 Å². The normalized spacial score (nSPS) is 12.7. The second-order valence-electron chi connectivity index (χ2n) is 4.29. The Labute approximate surface area is 106 Å². The molecule has 2 aromatic rings. The van der Waals surface area contributed by atoms with Crippen LogP contribution in [0.2, 0.25) is 0 Å². The van der Waals surface area contributed by atoms with Crippen LogP contribution in [0.1, 0.15) is 13.3 Å². The van der Waals surface area contributed by atoms with Gasteiger partial charge in [0.1, 0.15) is 6.04 Å². The molecule has 0 radical (unpaired) electrons. The smallest absolute Gasteiger partial charge is 0.236 e. The van der Waals surface area contributed by atoms with Crippen molar-refractivity contribution in [2.75, 3.05) is 6.54 Å². The highest BCUT2D eigenvalue weighted by molar-refractivity contribution is 5.80. The summed E-state index contributed by atoms with van der Waals surface area (Å²) >= 11 is 0. The van der Waals surface area contributed by atoms with Crippen molar-refractivity contribution in [2.24, 2.45) is 5.73 Å². The van der Waals surface area contributed by atoms with E-state index in [-0.39, 0.29) is 11.9 Å². The number of fused-ring (bicyclic) bond motifs is 1. The van der Waals surface area contributed by atoms with Gasteiger partial charge in [-0.25, -0.2) is 4.98 Å². The number of rotatable bonds is 6. The van der Waals surface area contributed by atoms with Gasteiger partial charge in [0.25, 0.3) is 0 Å². The number of para-hydroxylation sites is 2. The minimum absolute atomic E-state index is 0.332. The first-order valence-corrected chi connectivity index (χ1v) is 6.15. The van der Waals surface area contributed by atoms with Gasteiger partial charge in [-0.15, -0.1) is 0 Å². The monoisotopic (exact) mass is 246 g/mol. The molecule has 18 heavy (non-hydrogen) atoms. The summed E-state index contributed by atoms with van der Waals surface area (Å²) in [5, 5.41) is 3.15. The molecular weight excluding hydrogens is 228 g/mol. The molecular formula is C13H18N4O. The summed E-state index contributed by atoms with van der Waals surface area (Å²) < 4.78 is 1.95. The molecule has 5 nitrogen and oxygen atoms in total. The highest BCUT2D eigenvalue weighted by atomic mass is 16.1. The molecule has 0 aliphatic carbocycles. The standard InChI is InChI=1S/C13H18N4O/c1-2-7-15-11(13(14)18)8-17-9-16-10-5-3-4-6-12(10)17/h3-6,9,11,15H,2,7-8H2,1H3,(H2,14,18). The van der Waals surface area contributed by atoms with Crippen LogP contribution in [0.4, 0.5) is 0 Å². The Morgan fingerprint density at radius 1 is 1.50 bits per heavy atom. The number of hydrogen-bond donors (Lipinski definition) is 2. The number of nitrogens with one attached hydrogen (secondary N) is 1. The van der Waals surface area contributed by atoms with E-state index < -0.39 is 0 Å². The number of nitrogens with zero attached hydrogens (tertiary/aromatic N) is 2. The summed E-state index contributed by atoms with van der Waals surface area (Å²) in [6.45, 7) is 3.34. The van der Waals surface area contributed by atoms with Crippen LogP contribution in [0.3, 0.4) is 0 Å². The number of amides is 1. The molecule has 0 fully saturated rings. The van der Waals surface area contributed by atoms with Crippen LogP contribution >= 0.6 is 0 Å². The number of benzene rings is 1. The molecule has 0 saturated heterocycles. The maximum absolute atomic E-state index is 11.4. The van der Waals surface area contributed by atoms with Gasteiger partial charge in [-0.1, -0.05) is 19.1 Å². The van der Waals surface area contributed by atoms with Crippen LogP contribution in [0.15, 0.2) is 30.6 Å². The van der Waals surface area contributed by atoms with Gasteiger partial charge in [-0.3, -0.25) is 4.79 Å². The van der Waals surface area contributed by atoms with Gasteiger partial charge >= 0.3 is 0 Å². The lowest BCUT2D eigenvalue weighted by molar-refractivity contribution is -0.120. The molecule has 5 heteroatoms. The predicted molar refractivity (Wildman–Crippen MR) is 71.0 cm³/mol. The first-order valence-electron chi connectivity index (χ1n) is 6.15. The molecule has 0 aliphatic heterocycles. The Morgan fingerprint density at radius 2 is 2.28 bits per heavy atom. The Balaban J connectivity index is 2.18. The number of carbonyl (C=O) groups excluding carboxylic acids is 1. The lowest BCUT2D eigenvalue weighted by Gasteiger charge is -2.15. The van der Waals surface area contributed by atoms with Crippen molar-refractivity contribution in [3.63, 3.8) is 0 Å². The van der Waals surface area contributed by atoms with Crippen LogP contribution < -0.4 is 11.1 Å². The minimum Gasteiger partial charge on any atom is -0.368 e. The first kappa shape index (κ1) is 12.6. The average molecular weight is 246 g/mol. The van der Waals surface area contributed by atoms with E-state index in [4.69, 9.17) is 5.73 Å². The van der Waals surface area contributed by atoms with Crippen LogP contribution in [-0.2, 0) is 11.3 Å². The first-order chi connectivity index (χ1) is 8.72. The number of nitrogens with two attached hydrogens (primary N) is 1. The molecule has 1 heterocycles. The zero-order valence-corrected chi connectivity index (χ0v) is 10.5. The van der Waals surface area contributed by atoms with Gasteiger partial charge in [0.05, 0.1) is 17.4 Å². The van der Waals surface area contributed by atoms with Gasteiger partial charge in [-0.05, 0) is 25.1 Å². The fourth-order valence-electron chi connectivity index (χ4n) is 1.93. The molecule has 1 aromatic carbocycles. The maximum Gasteiger partial charge on any atom is 0.236 e. The van der Waals surface area contributed by atoms with E-state index in [1.54, 1.807) is 6.33 Å². The van der Waals surface area contributed by atoms with Crippen molar-refractivity contribution in [3.05, 3.63) is 30.6 Å². The quantitative estimate of drug-likeness (QED) is 0.795. The molecule has 1 amide bonds. The summed E-state index contributed by atoms with van der Waals surface area (Å²) in [4.78, 5) is 15.7. The van der Waals surface area contributed by atoms with Crippen LogP contribution in [-0.4, -0.2) is 28.0 Å². The zero-order chi connectivity index (χ0) is 13.0. The van der Waals surface area contributed by atoms with Gasteiger partial charge in [0.2, 0.25) is 5.91 Å². The average Bonchev–Trinajstić information content (AvgIpc) is 2.77. The van der Waals surface area contributed by atoms with Crippen molar-refractivity contribution < 1.29 is 4.79 Å². The van der Waals surface area contributed by atoms with E-state index in [2.05, 4.69) is 17.2 Å². The van der Waals surface area contributed by atoms with Crippen LogP contribution in [0.5, 0.6) is 0 Å². The van der Waals surface area contributed by atoms with Crippen LogP contribution in [0.25, 0.3) is 11.0 Å². The SMILES string of the molecule is CCCNC(Cn1cnc2ccccc21)C(N)=O. The molecule has 2 rings (SSSR count). The topological polar surface area (TPSA) is 72.9 Å². The third kappa shape index (κ3) is 2.68. The molecule has 1 aromatic heterocycles. The van der Waals surface area contributed by atoms with Crippen molar-refractivity contribution in [3.8, 4) is 0 Å². The fourth-order valence-corrected chi connectivity index (χ4v) is 1.93. The van der Waals surface area contributed by atoms with E-state index in [1.165, 1.54) is 0 Å². The summed E-state index contributed by atoms with van der Waals surface area (Å²) in [5.41, 5.74) is 7.35. The Hall–Kier alpha value is -1.88. The lowest BCUT2D eigenvalue weighted by atomic mass is 10.2. The number of hydrogen-bond acceptors (Lipinski definition) is 3. The largest absolute Gasteiger partial charge is 0.368 e. The second-order valence-corrected chi connectivity index (χ2v) is 4.29. The predicted octanol–water partition coefficient (Wildman–Crippen LogP) is 0.890. The van der Waals surface area contributed by atoms with E-state index in [1.807, 2.05) is 28.8 Å². The minimum atomic E-state index is -0.359. The summed E-state index contributed by atoms with van der Waals surface area (Å²) in [6, 6.07) is 7.48. The summed E-state index contributed by atoms with van der Waals surface area (Å²) in [6.07, 6.45) is 2.71.